The van der Waals surface area contributed by atoms with Crippen LogP contribution in [0.5, 0.6) is 0 Å². The number of carbonyl (C=O) groups excluding carboxylic acids is 3. The van der Waals surface area contributed by atoms with E-state index in [-0.39, 0.29) is 23.3 Å². The van der Waals surface area contributed by atoms with Crippen molar-refractivity contribution in [3.8, 4) is 0 Å². The van der Waals surface area contributed by atoms with E-state index in [1.54, 1.807) is 12.4 Å². The van der Waals surface area contributed by atoms with E-state index < -0.39 is 6.04 Å². The predicted molar refractivity (Wildman–Crippen MR) is 97.5 cm³/mol. The third-order valence-electron chi connectivity index (χ3n) is 6.08. The largest absolute Gasteiger partial charge is 0.341 e. The summed E-state index contributed by atoms with van der Waals surface area (Å²) in [5, 5.41) is 5.30. The highest BCUT2D eigenvalue weighted by Crippen LogP contribution is 2.40. The Bertz CT molecular complexity index is 730. The van der Waals surface area contributed by atoms with Gasteiger partial charge in [0.2, 0.25) is 11.8 Å². The van der Waals surface area contributed by atoms with Crippen molar-refractivity contribution in [2.45, 2.75) is 38.3 Å². The Kier molecular flexibility index (Phi) is 4.72. The number of carbonyl (C=O) groups is 3. The van der Waals surface area contributed by atoms with Crippen LogP contribution in [-0.2, 0) is 16.1 Å². The highest BCUT2D eigenvalue weighted by atomic mass is 16.2. The SMILES string of the molecule is O=C1NC[C@H](C(=O)N2CCC3(CCC(=O)N(Cc4ccncc4)C3)CC2)N1. The maximum atomic E-state index is 12.6. The molecule has 1 aromatic rings. The highest BCUT2D eigenvalue weighted by Gasteiger charge is 2.42. The van der Waals surface area contributed by atoms with Crippen molar-refractivity contribution in [1.29, 1.82) is 0 Å². The second kappa shape index (κ2) is 7.17. The lowest BCUT2D eigenvalue weighted by molar-refractivity contribution is -0.143. The number of amides is 4. The molecule has 1 aromatic heterocycles. The summed E-state index contributed by atoms with van der Waals surface area (Å²) >= 11 is 0. The molecule has 0 unspecified atom stereocenters. The van der Waals surface area contributed by atoms with Gasteiger partial charge in [-0.3, -0.25) is 14.6 Å². The van der Waals surface area contributed by atoms with E-state index in [0.717, 1.165) is 31.4 Å². The van der Waals surface area contributed by atoms with Crippen LogP contribution in [0.4, 0.5) is 4.79 Å². The van der Waals surface area contributed by atoms with Crippen molar-refractivity contribution in [3.05, 3.63) is 30.1 Å². The van der Waals surface area contributed by atoms with Crippen LogP contribution < -0.4 is 10.6 Å². The van der Waals surface area contributed by atoms with Crippen molar-refractivity contribution in [1.82, 2.24) is 25.4 Å². The van der Waals surface area contributed by atoms with Gasteiger partial charge in [0.05, 0.1) is 0 Å². The second-order valence-electron chi connectivity index (χ2n) is 7.84. The minimum atomic E-state index is -0.456. The first-order valence-electron chi connectivity index (χ1n) is 9.55. The molecule has 1 atom stereocenters. The fourth-order valence-corrected chi connectivity index (χ4v) is 4.39. The lowest BCUT2D eigenvalue weighted by atomic mass is 9.72. The molecule has 0 bridgehead atoms. The molecular formula is C19H25N5O3. The topological polar surface area (TPSA) is 94.6 Å². The number of nitrogens with one attached hydrogen (secondary N) is 2. The molecule has 4 heterocycles. The molecule has 8 nitrogen and oxygen atoms in total. The molecule has 4 amide bonds. The molecule has 4 rings (SSSR count). The number of hydrogen-bond donors (Lipinski definition) is 2. The first-order chi connectivity index (χ1) is 13.0. The van der Waals surface area contributed by atoms with Gasteiger partial charge in [-0.15, -0.1) is 0 Å². The second-order valence-corrected chi connectivity index (χ2v) is 7.84. The Labute approximate surface area is 158 Å². The van der Waals surface area contributed by atoms with E-state index in [4.69, 9.17) is 0 Å². The van der Waals surface area contributed by atoms with Crippen LogP contribution in [0.2, 0.25) is 0 Å². The fourth-order valence-electron chi connectivity index (χ4n) is 4.39. The third-order valence-corrected chi connectivity index (χ3v) is 6.08. The molecule has 2 N–H and O–H groups in total. The Balaban J connectivity index is 1.36. The first-order valence-corrected chi connectivity index (χ1v) is 9.55. The summed E-state index contributed by atoms with van der Waals surface area (Å²) in [6.45, 7) is 3.09. The van der Waals surface area contributed by atoms with Crippen LogP contribution in [0.1, 0.15) is 31.2 Å². The quantitative estimate of drug-likeness (QED) is 0.809. The van der Waals surface area contributed by atoms with Gasteiger partial charge in [-0.25, -0.2) is 4.79 Å². The monoisotopic (exact) mass is 371 g/mol. The number of pyridine rings is 1. The molecule has 1 spiro atoms. The van der Waals surface area contributed by atoms with Gasteiger partial charge in [-0.2, -0.15) is 0 Å². The molecule has 0 radical (unpaired) electrons. The lowest BCUT2D eigenvalue weighted by Crippen LogP contribution is -2.54. The fraction of sp³-hybridized carbons (Fsp3) is 0.579. The van der Waals surface area contributed by atoms with Gasteiger partial charge in [0, 0.05) is 51.5 Å². The minimum absolute atomic E-state index is 0.0104. The summed E-state index contributed by atoms with van der Waals surface area (Å²) in [5.41, 5.74) is 1.18. The van der Waals surface area contributed by atoms with Gasteiger partial charge in [0.1, 0.15) is 6.04 Å². The van der Waals surface area contributed by atoms with Gasteiger partial charge in [0.15, 0.2) is 0 Å². The van der Waals surface area contributed by atoms with E-state index in [9.17, 15) is 14.4 Å². The Morgan fingerprint density at radius 2 is 1.93 bits per heavy atom. The van der Waals surface area contributed by atoms with Gasteiger partial charge >= 0.3 is 6.03 Å². The lowest BCUT2D eigenvalue weighted by Gasteiger charge is -2.47. The number of likely N-dealkylation sites (tertiary alicyclic amines) is 2. The van der Waals surface area contributed by atoms with E-state index in [1.807, 2.05) is 21.9 Å². The van der Waals surface area contributed by atoms with Crippen molar-refractivity contribution >= 4 is 17.8 Å². The predicted octanol–water partition coefficient (Wildman–Crippen LogP) is 0.494. The number of aromatic nitrogens is 1. The zero-order valence-corrected chi connectivity index (χ0v) is 15.3. The first kappa shape index (κ1) is 17.8. The van der Waals surface area contributed by atoms with Crippen molar-refractivity contribution < 1.29 is 14.4 Å². The molecule has 0 aliphatic carbocycles. The standard InChI is InChI=1S/C19H25N5O3/c25-16-1-4-19(13-24(16)12-14-2-7-20-8-3-14)5-9-23(10-6-19)17(26)15-11-21-18(27)22-15/h2-3,7-8,15H,1,4-6,9-13H2,(H2,21,22,27)/t15-/m1/s1. The third kappa shape index (κ3) is 3.74. The van der Waals surface area contributed by atoms with Crippen LogP contribution in [0.25, 0.3) is 0 Å². The normalized spacial score (nSPS) is 24.7. The maximum Gasteiger partial charge on any atom is 0.315 e. The Morgan fingerprint density at radius 3 is 2.59 bits per heavy atom. The molecule has 0 saturated carbocycles. The Morgan fingerprint density at radius 1 is 1.19 bits per heavy atom. The van der Waals surface area contributed by atoms with E-state index >= 15 is 0 Å². The van der Waals surface area contributed by atoms with Gasteiger partial charge in [-0.05, 0) is 42.4 Å². The van der Waals surface area contributed by atoms with Crippen LogP contribution in [0.15, 0.2) is 24.5 Å². The number of rotatable bonds is 3. The van der Waals surface area contributed by atoms with Crippen LogP contribution >= 0.6 is 0 Å². The average Bonchev–Trinajstić information content (AvgIpc) is 3.12. The number of urea groups is 1. The van der Waals surface area contributed by atoms with Crippen molar-refractivity contribution in [3.63, 3.8) is 0 Å². The summed E-state index contributed by atoms with van der Waals surface area (Å²) in [4.78, 5) is 44.1. The molecule has 144 valence electrons. The smallest absolute Gasteiger partial charge is 0.315 e. The average molecular weight is 371 g/mol. The number of nitrogens with zero attached hydrogens (tertiary/aromatic N) is 3. The zero-order valence-electron chi connectivity index (χ0n) is 15.3. The summed E-state index contributed by atoms with van der Waals surface area (Å²) < 4.78 is 0. The molecule has 8 heteroatoms. The van der Waals surface area contributed by atoms with E-state index in [2.05, 4.69) is 15.6 Å². The summed E-state index contributed by atoms with van der Waals surface area (Å²) in [6.07, 6.45) is 6.75. The molecule has 27 heavy (non-hydrogen) atoms. The van der Waals surface area contributed by atoms with Crippen molar-refractivity contribution in [2.24, 2.45) is 5.41 Å². The van der Waals surface area contributed by atoms with Crippen molar-refractivity contribution in [2.75, 3.05) is 26.2 Å². The van der Waals surface area contributed by atoms with Crippen LogP contribution in [0, 0.1) is 5.41 Å². The molecule has 0 aromatic carbocycles. The maximum absolute atomic E-state index is 12.6. The summed E-state index contributed by atoms with van der Waals surface area (Å²) in [5.74, 6) is 0.194. The Hall–Kier alpha value is -2.64. The summed E-state index contributed by atoms with van der Waals surface area (Å²) in [7, 11) is 0. The van der Waals surface area contributed by atoms with Crippen LogP contribution in [-0.4, -0.2) is 64.9 Å². The summed E-state index contributed by atoms with van der Waals surface area (Å²) in [6, 6.07) is 3.15. The number of hydrogen-bond acceptors (Lipinski definition) is 4. The molecule has 3 saturated heterocycles. The number of piperidine rings is 2. The molecule has 3 aliphatic rings. The zero-order chi connectivity index (χ0) is 18.9. The van der Waals surface area contributed by atoms with Crippen LogP contribution in [0.3, 0.4) is 0 Å². The highest BCUT2D eigenvalue weighted by molar-refractivity contribution is 5.90. The van der Waals surface area contributed by atoms with Gasteiger partial charge in [-0.1, -0.05) is 0 Å². The van der Waals surface area contributed by atoms with E-state index in [1.165, 1.54) is 0 Å². The molecule has 3 aliphatic heterocycles. The van der Waals surface area contributed by atoms with Gasteiger partial charge in [0.25, 0.3) is 0 Å². The molecule has 3 fully saturated rings. The van der Waals surface area contributed by atoms with Gasteiger partial charge < -0.3 is 20.4 Å². The van der Waals surface area contributed by atoms with E-state index in [0.29, 0.717) is 32.6 Å². The molecular weight excluding hydrogens is 346 g/mol. The minimum Gasteiger partial charge on any atom is -0.341 e.